The molecule has 11 nitrogen and oxygen atoms in total. The highest BCUT2D eigenvalue weighted by molar-refractivity contribution is 6.16. The van der Waals surface area contributed by atoms with E-state index in [0.29, 0.717) is 77.6 Å². The lowest BCUT2D eigenvalue weighted by Gasteiger charge is -2.26. The maximum atomic E-state index is 13.7. The number of primary amides is 1. The van der Waals surface area contributed by atoms with Gasteiger partial charge in [-0.2, -0.15) is 0 Å². The van der Waals surface area contributed by atoms with Crippen LogP contribution in [0.25, 0.3) is 10.9 Å². The van der Waals surface area contributed by atoms with Crippen LogP contribution in [0.4, 0.5) is 15.8 Å². The van der Waals surface area contributed by atoms with Crippen LogP contribution in [0.3, 0.4) is 0 Å². The average Bonchev–Trinajstić information content (AvgIpc) is 3.85. The number of fused-ring (bicyclic) bond motifs is 1. The van der Waals surface area contributed by atoms with Crippen molar-refractivity contribution in [2.45, 2.75) is 32.1 Å². The number of carbonyl (C=O) groups is 3. The number of carbonyl (C=O) groups excluding carboxylic acids is 3. The Bertz CT molecular complexity index is 1680. The normalized spacial score (nSPS) is 13.2. The van der Waals surface area contributed by atoms with E-state index in [1.165, 1.54) is 36.3 Å². The van der Waals surface area contributed by atoms with E-state index in [-0.39, 0.29) is 6.42 Å². The van der Waals surface area contributed by atoms with Crippen molar-refractivity contribution in [1.29, 1.82) is 0 Å². The molecule has 12 heteroatoms. The maximum Gasteiger partial charge on any atom is 0.247 e. The molecule has 1 aliphatic carbocycles. The van der Waals surface area contributed by atoms with E-state index in [0.717, 1.165) is 0 Å². The molecule has 0 unspecified atom stereocenters. The molecule has 1 aromatic heterocycles. The Morgan fingerprint density at radius 2 is 1.66 bits per heavy atom. The summed E-state index contributed by atoms with van der Waals surface area (Å²) >= 11 is 0. The van der Waals surface area contributed by atoms with Crippen LogP contribution in [-0.4, -0.2) is 41.6 Å². The predicted octanol–water partition coefficient (Wildman–Crippen LogP) is 5.16. The Labute approximate surface area is 252 Å². The van der Waals surface area contributed by atoms with Gasteiger partial charge in [0, 0.05) is 35.4 Å². The quantitative estimate of drug-likeness (QED) is 0.0821. The van der Waals surface area contributed by atoms with E-state index in [9.17, 15) is 18.8 Å². The number of pyridine rings is 1. The number of hydrogen-bond acceptors (Lipinski definition) is 8. The van der Waals surface area contributed by atoms with Crippen molar-refractivity contribution in [1.82, 2.24) is 10.5 Å². The highest BCUT2D eigenvalue weighted by Gasteiger charge is 2.57. The number of anilines is 2. The molecule has 4 N–H and O–H groups in total. The first-order valence-corrected chi connectivity index (χ1v) is 14.0. The van der Waals surface area contributed by atoms with Crippen LogP contribution in [0.2, 0.25) is 0 Å². The van der Waals surface area contributed by atoms with Gasteiger partial charge in [-0.1, -0.05) is 0 Å². The SMILES string of the molecule is COc1cc2nccc(Oc3ccc(N(C(=O)C4(C(N)=O)CC4)c4ccc(F)cc4)cc3)c2cc1OCCCCC(=O)NO. The summed E-state index contributed by atoms with van der Waals surface area (Å²) in [5.41, 5.74) is 7.37. The molecule has 44 heavy (non-hydrogen) atoms. The number of halogens is 1. The minimum Gasteiger partial charge on any atom is -0.493 e. The van der Waals surface area contributed by atoms with Crippen LogP contribution in [0.1, 0.15) is 32.1 Å². The lowest BCUT2D eigenvalue weighted by atomic mass is 10.0. The van der Waals surface area contributed by atoms with Crippen molar-refractivity contribution in [3.8, 4) is 23.0 Å². The first-order valence-electron chi connectivity index (χ1n) is 14.0. The summed E-state index contributed by atoms with van der Waals surface area (Å²) < 4.78 is 31.3. The second kappa shape index (κ2) is 13.0. The van der Waals surface area contributed by atoms with Gasteiger partial charge in [-0.25, -0.2) is 9.87 Å². The molecule has 4 aromatic rings. The summed E-state index contributed by atoms with van der Waals surface area (Å²) in [7, 11) is 1.52. The van der Waals surface area contributed by atoms with Crippen LogP contribution < -0.4 is 30.3 Å². The molecule has 5 rings (SSSR count). The van der Waals surface area contributed by atoms with Crippen LogP contribution >= 0.6 is 0 Å². The predicted molar refractivity (Wildman–Crippen MR) is 158 cm³/mol. The number of ether oxygens (including phenoxy) is 3. The molecular formula is C32H31FN4O7. The fourth-order valence-electron chi connectivity index (χ4n) is 4.78. The fourth-order valence-corrected chi connectivity index (χ4v) is 4.78. The number of rotatable bonds is 13. The molecular weight excluding hydrogens is 571 g/mol. The van der Waals surface area contributed by atoms with Gasteiger partial charge >= 0.3 is 0 Å². The number of aromatic nitrogens is 1. The van der Waals surface area contributed by atoms with Gasteiger partial charge in [0.05, 0.1) is 19.2 Å². The van der Waals surface area contributed by atoms with Crippen molar-refractivity contribution in [3.05, 3.63) is 78.7 Å². The summed E-state index contributed by atoms with van der Waals surface area (Å²) in [5, 5.41) is 9.29. The number of benzene rings is 3. The molecule has 1 heterocycles. The van der Waals surface area contributed by atoms with Gasteiger partial charge in [0.2, 0.25) is 17.7 Å². The van der Waals surface area contributed by atoms with Crippen LogP contribution in [0, 0.1) is 11.2 Å². The van der Waals surface area contributed by atoms with Gasteiger partial charge in [0.25, 0.3) is 0 Å². The molecule has 3 aromatic carbocycles. The molecule has 0 bridgehead atoms. The van der Waals surface area contributed by atoms with Crippen LogP contribution in [0.5, 0.6) is 23.0 Å². The number of nitrogens with one attached hydrogen (secondary N) is 1. The van der Waals surface area contributed by atoms with Gasteiger partial charge in [-0.15, -0.1) is 0 Å². The fraction of sp³-hybridized carbons (Fsp3) is 0.250. The molecule has 0 spiro atoms. The molecule has 1 aliphatic rings. The van der Waals surface area contributed by atoms with E-state index in [1.54, 1.807) is 54.1 Å². The monoisotopic (exact) mass is 602 g/mol. The molecule has 1 saturated carbocycles. The second-order valence-corrected chi connectivity index (χ2v) is 10.3. The number of amides is 3. The third-order valence-corrected chi connectivity index (χ3v) is 7.41. The molecule has 3 amide bonds. The van der Waals surface area contributed by atoms with Gasteiger partial charge in [-0.3, -0.25) is 29.5 Å². The van der Waals surface area contributed by atoms with Crippen molar-refractivity contribution < 1.29 is 38.2 Å². The van der Waals surface area contributed by atoms with E-state index in [2.05, 4.69) is 4.98 Å². The Morgan fingerprint density at radius 1 is 0.977 bits per heavy atom. The Kier molecular flexibility index (Phi) is 8.91. The zero-order valence-corrected chi connectivity index (χ0v) is 23.9. The van der Waals surface area contributed by atoms with E-state index in [4.69, 9.17) is 25.2 Å². The first kappa shape index (κ1) is 30.2. The van der Waals surface area contributed by atoms with Crippen molar-refractivity contribution in [2.75, 3.05) is 18.6 Å². The van der Waals surface area contributed by atoms with Crippen LogP contribution in [-0.2, 0) is 14.4 Å². The molecule has 0 saturated heterocycles. The summed E-state index contributed by atoms with van der Waals surface area (Å²) in [6, 6.07) is 17.3. The third kappa shape index (κ3) is 6.40. The zero-order chi connectivity index (χ0) is 31.3. The molecule has 0 radical (unpaired) electrons. The molecule has 228 valence electrons. The zero-order valence-electron chi connectivity index (χ0n) is 23.9. The van der Waals surface area contributed by atoms with E-state index < -0.39 is 29.0 Å². The minimum atomic E-state index is -1.28. The number of methoxy groups -OCH3 is 1. The van der Waals surface area contributed by atoms with Crippen LogP contribution in [0.15, 0.2) is 72.9 Å². The van der Waals surface area contributed by atoms with Gasteiger partial charge in [0.15, 0.2) is 11.5 Å². The summed E-state index contributed by atoms with van der Waals surface area (Å²) in [5.74, 6) is -0.163. The number of hydroxylamine groups is 1. The number of nitrogens with two attached hydrogens (primary N) is 1. The number of unbranched alkanes of at least 4 members (excludes halogenated alkanes) is 1. The number of nitrogens with zero attached hydrogens (tertiary/aromatic N) is 2. The smallest absolute Gasteiger partial charge is 0.247 e. The van der Waals surface area contributed by atoms with Crippen molar-refractivity contribution in [2.24, 2.45) is 11.1 Å². The Balaban J connectivity index is 1.38. The third-order valence-electron chi connectivity index (χ3n) is 7.41. The highest BCUT2D eigenvalue weighted by Crippen LogP contribution is 2.49. The number of hydrogen-bond donors (Lipinski definition) is 3. The summed E-state index contributed by atoms with van der Waals surface area (Å²) in [6.07, 6.45) is 3.60. The van der Waals surface area contributed by atoms with E-state index >= 15 is 0 Å². The average molecular weight is 603 g/mol. The topological polar surface area (TPSA) is 153 Å². The molecule has 0 atom stereocenters. The maximum absolute atomic E-state index is 13.7. The summed E-state index contributed by atoms with van der Waals surface area (Å²) in [6.45, 7) is 0.318. The summed E-state index contributed by atoms with van der Waals surface area (Å²) in [4.78, 5) is 42.7. The van der Waals surface area contributed by atoms with E-state index in [1.807, 2.05) is 0 Å². The Hall–Kier alpha value is -5.23. The first-order chi connectivity index (χ1) is 21.3. The van der Waals surface area contributed by atoms with Gasteiger partial charge in [-0.05, 0) is 86.3 Å². The molecule has 1 fully saturated rings. The second-order valence-electron chi connectivity index (χ2n) is 10.3. The lowest BCUT2D eigenvalue weighted by molar-refractivity contribution is -0.133. The molecule has 0 aliphatic heterocycles. The Morgan fingerprint density at radius 3 is 2.27 bits per heavy atom. The minimum absolute atomic E-state index is 0.178. The van der Waals surface area contributed by atoms with Gasteiger partial charge in [0.1, 0.15) is 22.7 Å². The highest BCUT2D eigenvalue weighted by atomic mass is 19.1. The largest absolute Gasteiger partial charge is 0.493 e. The van der Waals surface area contributed by atoms with Gasteiger partial charge < -0.3 is 19.9 Å². The van der Waals surface area contributed by atoms with Crippen molar-refractivity contribution in [3.63, 3.8) is 0 Å². The lowest BCUT2D eigenvalue weighted by Crippen LogP contribution is -2.41. The van der Waals surface area contributed by atoms with Crippen molar-refractivity contribution >= 4 is 40.0 Å². The standard InChI is InChI=1S/C32H31FN4O7/c1-42-27-19-25-24(18-28(27)43-17-3-2-4-29(38)36-41)26(13-16-35-25)44-23-11-9-22(10-12-23)37(21-7-5-20(33)6-8-21)31(40)32(14-15-32)30(34)39/h5-13,16,18-19,41H,2-4,14-15,17H2,1H3,(H2,34,39)(H,36,38).